The van der Waals surface area contributed by atoms with Gasteiger partial charge in [0.25, 0.3) is 5.91 Å². The monoisotopic (exact) mass is 418 g/mol. The molecule has 0 spiro atoms. The zero-order chi connectivity index (χ0) is 20.9. The van der Waals surface area contributed by atoms with Gasteiger partial charge < -0.3 is 15.2 Å². The minimum atomic E-state index is -0.623. The van der Waals surface area contributed by atoms with Crippen LogP contribution in [0.15, 0.2) is 85.1 Å². The molecular formula is C24H19ClN2O3. The molecule has 1 heterocycles. The van der Waals surface area contributed by atoms with Gasteiger partial charge in [-0.05, 0) is 35.9 Å². The number of aromatic nitrogens is 1. The lowest BCUT2D eigenvalue weighted by Crippen LogP contribution is -2.33. The molecule has 1 amide bonds. The van der Waals surface area contributed by atoms with Crippen LogP contribution in [0.1, 0.15) is 17.2 Å². The maximum atomic E-state index is 12.7. The molecule has 0 radical (unpaired) electrons. The molecule has 0 saturated carbocycles. The Labute approximate surface area is 178 Å². The van der Waals surface area contributed by atoms with Crippen molar-refractivity contribution in [3.63, 3.8) is 0 Å². The summed E-state index contributed by atoms with van der Waals surface area (Å²) in [6.07, 6.45) is 1.59. The summed E-state index contributed by atoms with van der Waals surface area (Å²) >= 11 is 6.45. The molecule has 0 unspecified atom stereocenters. The van der Waals surface area contributed by atoms with Crippen LogP contribution in [-0.4, -0.2) is 22.6 Å². The predicted molar refractivity (Wildman–Crippen MR) is 117 cm³/mol. The Morgan fingerprint density at radius 3 is 2.47 bits per heavy atom. The fourth-order valence-electron chi connectivity index (χ4n) is 3.28. The summed E-state index contributed by atoms with van der Waals surface area (Å²) in [4.78, 5) is 16.9. The average molecular weight is 419 g/mol. The average Bonchev–Trinajstić information content (AvgIpc) is 2.80. The Hall–Kier alpha value is -3.57. The van der Waals surface area contributed by atoms with Crippen LogP contribution < -0.4 is 10.1 Å². The lowest BCUT2D eigenvalue weighted by atomic mass is 9.96. The summed E-state index contributed by atoms with van der Waals surface area (Å²) in [5.74, 6) is 0.252. The van der Waals surface area contributed by atoms with Crippen molar-refractivity contribution in [1.82, 2.24) is 10.3 Å². The van der Waals surface area contributed by atoms with E-state index in [1.807, 2.05) is 48.5 Å². The number of amides is 1. The molecule has 2 N–H and O–H groups in total. The van der Waals surface area contributed by atoms with E-state index in [0.717, 1.165) is 5.56 Å². The van der Waals surface area contributed by atoms with Crippen LogP contribution in [0.2, 0.25) is 5.02 Å². The number of carbonyl (C=O) groups is 1. The third-order valence-corrected chi connectivity index (χ3v) is 5.02. The fraction of sp³-hybridized carbons (Fsp3) is 0.0833. The predicted octanol–water partition coefficient (Wildman–Crippen LogP) is 4.88. The minimum Gasteiger partial charge on any atom is -0.505 e. The molecule has 150 valence electrons. The van der Waals surface area contributed by atoms with E-state index in [1.165, 1.54) is 0 Å². The van der Waals surface area contributed by atoms with Crippen molar-refractivity contribution in [3.8, 4) is 11.5 Å². The summed E-state index contributed by atoms with van der Waals surface area (Å²) < 4.78 is 5.55. The molecule has 0 saturated heterocycles. The maximum absolute atomic E-state index is 12.7. The van der Waals surface area contributed by atoms with Gasteiger partial charge in [-0.3, -0.25) is 9.78 Å². The zero-order valence-corrected chi connectivity index (χ0v) is 16.7. The zero-order valence-electron chi connectivity index (χ0n) is 16.0. The quantitative estimate of drug-likeness (QED) is 0.468. The molecule has 5 nitrogen and oxygen atoms in total. The van der Waals surface area contributed by atoms with E-state index in [-0.39, 0.29) is 18.3 Å². The van der Waals surface area contributed by atoms with Crippen LogP contribution in [0, 0.1) is 0 Å². The second-order valence-corrected chi connectivity index (χ2v) is 7.12. The van der Waals surface area contributed by atoms with E-state index < -0.39 is 6.04 Å². The number of nitrogens with one attached hydrogen (secondary N) is 1. The first-order valence-electron chi connectivity index (χ1n) is 9.41. The highest BCUT2D eigenvalue weighted by molar-refractivity contribution is 6.35. The van der Waals surface area contributed by atoms with Crippen LogP contribution in [0.4, 0.5) is 0 Å². The van der Waals surface area contributed by atoms with E-state index in [1.54, 1.807) is 36.5 Å². The molecule has 0 fully saturated rings. The second-order valence-electron chi connectivity index (χ2n) is 6.71. The van der Waals surface area contributed by atoms with Gasteiger partial charge in [-0.1, -0.05) is 60.1 Å². The van der Waals surface area contributed by atoms with Gasteiger partial charge in [0.05, 0.1) is 11.1 Å². The summed E-state index contributed by atoms with van der Waals surface area (Å²) in [5.41, 5.74) is 1.65. The van der Waals surface area contributed by atoms with Crippen molar-refractivity contribution in [2.75, 3.05) is 6.61 Å². The number of pyridine rings is 1. The number of aromatic hydroxyl groups is 1. The summed E-state index contributed by atoms with van der Waals surface area (Å²) in [7, 11) is 0. The first-order chi connectivity index (χ1) is 14.6. The third kappa shape index (κ3) is 4.21. The number of carbonyl (C=O) groups excluding carboxylic acids is 1. The van der Waals surface area contributed by atoms with Gasteiger partial charge >= 0.3 is 0 Å². The number of ether oxygens (including phenoxy) is 1. The molecule has 4 rings (SSSR count). The van der Waals surface area contributed by atoms with Gasteiger partial charge in [-0.15, -0.1) is 0 Å². The fourth-order valence-corrected chi connectivity index (χ4v) is 3.55. The lowest BCUT2D eigenvalue weighted by Gasteiger charge is -2.22. The molecule has 0 bridgehead atoms. The Morgan fingerprint density at radius 2 is 1.73 bits per heavy atom. The number of phenolic OH excluding ortho intramolecular Hbond substituents is 1. The van der Waals surface area contributed by atoms with Gasteiger partial charge in [-0.25, -0.2) is 0 Å². The molecule has 1 atom stereocenters. The summed E-state index contributed by atoms with van der Waals surface area (Å²) in [5, 5.41) is 15.0. The van der Waals surface area contributed by atoms with Crippen LogP contribution in [-0.2, 0) is 4.79 Å². The minimum absolute atomic E-state index is 0.0202. The van der Waals surface area contributed by atoms with E-state index >= 15 is 0 Å². The number of fused-ring (bicyclic) bond motifs is 1. The smallest absolute Gasteiger partial charge is 0.258 e. The SMILES string of the molecule is O=C(COc1ccccc1)N[C@@H](c1ccccc1)c1cc(Cl)c2cccnc2c1O. The van der Waals surface area contributed by atoms with Crippen molar-refractivity contribution < 1.29 is 14.6 Å². The van der Waals surface area contributed by atoms with Crippen LogP contribution in [0.5, 0.6) is 11.5 Å². The Bertz CT molecular complexity index is 1170. The van der Waals surface area contributed by atoms with Gasteiger partial charge in [-0.2, -0.15) is 0 Å². The highest BCUT2D eigenvalue weighted by Crippen LogP contribution is 2.38. The number of phenols is 1. The van der Waals surface area contributed by atoms with E-state index in [2.05, 4.69) is 10.3 Å². The molecule has 0 aliphatic heterocycles. The van der Waals surface area contributed by atoms with Gasteiger partial charge in [0.1, 0.15) is 17.0 Å². The molecule has 1 aromatic heterocycles. The van der Waals surface area contributed by atoms with Crippen LogP contribution in [0.3, 0.4) is 0 Å². The van der Waals surface area contributed by atoms with Crippen molar-refractivity contribution in [3.05, 3.63) is 101 Å². The normalized spacial score (nSPS) is 11.8. The summed E-state index contributed by atoms with van der Waals surface area (Å²) in [6, 6.07) is 23.1. The van der Waals surface area contributed by atoms with Crippen molar-refractivity contribution in [2.24, 2.45) is 0 Å². The van der Waals surface area contributed by atoms with E-state index in [4.69, 9.17) is 16.3 Å². The van der Waals surface area contributed by atoms with Gasteiger partial charge in [0.2, 0.25) is 0 Å². The van der Waals surface area contributed by atoms with Gasteiger partial charge in [0, 0.05) is 17.1 Å². The number of para-hydroxylation sites is 1. The highest BCUT2D eigenvalue weighted by atomic mass is 35.5. The maximum Gasteiger partial charge on any atom is 0.258 e. The Morgan fingerprint density at radius 1 is 1.03 bits per heavy atom. The summed E-state index contributed by atoms with van der Waals surface area (Å²) in [6.45, 7) is -0.159. The Balaban J connectivity index is 1.67. The number of halogens is 1. The number of hydrogen-bond donors (Lipinski definition) is 2. The standard InChI is InChI=1S/C24H19ClN2O3/c25-20-14-19(24(29)23-18(20)12-7-13-26-23)22(16-8-3-1-4-9-16)27-21(28)15-30-17-10-5-2-6-11-17/h1-14,22,29H,15H2,(H,27,28)/t22-/m0/s1. The first-order valence-corrected chi connectivity index (χ1v) is 9.79. The number of hydrogen-bond acceptors (Lipinski definition) is 4. The van der Waals surface area contributed by atoms with Crippen molar-refractivity contribution in [2.45, 2.75) is 6.04 Å². The van der Waals surface area contributed by atoms with Crippen molar-refractivity contribution in [1.29, 1.82) is 0 Å². The Kier molecular flexibility index (Phi) is 5.82. The topological polar surface area (TPSA) is 71.5 Å². The lowest BCUT2D eigenvalue weighted by molar-refractivity contribution is -0.123. The molecule has 0 aliphatic rings. The highest BCUT2D eigenvalue weighted by Gasteiger charge is 2.23. The largest absolute Gasteiger partial charge is 0.505 e. The molecule has 30 heavy (non-hydrogen) atoms. The second kappa shape index (κ2) is 8.84. The molecular weight excluding hydrogens is 400 g/mol. The number of nitrogens with zero attached hydrogens (tertiary/aromatic N) is 1. The van der Waals surface area contributed by atoms with E-state index in [0.29, 0.717) is 27.2 Å². The number of rotatable bonds is 6. The van der Waals surface area contributed by atoms with Crippen LogP contribution >= 0.6 is 11.6 Å². The van der Waals surface area contributed by atoms with Crippen molar-refractivity contribution >= 4 is 28.4 Å². The molecule has 3 aromatic carbocycles. The van der Waals surface area contributed by atoms with Crippen LogP contribution in [0.25, 0.3) is 10.9 Å². The van der Waals surface area contributed by atoms with Gasteiger partial charge in [0.15, 0.2) is 6.61 Å². The molecule has 4 aromatic rings. The first kappa shape index (κ1) is 19.7. The molecule has 0 aliphatic carbocycles. The third-order valence-electron chi connectivity index (χ3n) is 4.71. The number of benzene rings is 3. The van der Waals surface area contributed by atoms with E-state index in [9.17, 15) is 9.90 Å². The molecule has 6 heteroatoms.